The van der Waals surface area contributed by atoms with Gasteiger partial charge < -0.3 is 25.7 Å². The molecule has 4 saturated carbocycles. The van der Waals surface area contributed by atoms with Gasteiger partial charge in [-0.1, -0.05) is 20.8 Å². The van der Waals surface area contributed by atoms with Crippen LogP contribution in [-0.2, 0) is 9.59 Å². The number of fused-ring (bicyclic) bond motifs is 5. The van der Waals surface area contributed by atoms with Crippen molar-refractivity contribution in [1.82, 2.24) is 5.32 Å². The van der Waals surface area contributed by atoms with Gasteiger partial charge in [0.2, 0.25) is 5.91 Å². The minimum absolute atomic E-state index is 0.0132. The van der Waals surface area contributed by atoms with Crippen molar-refractivity contribution in [3.8, 4) is 0 Å². The SMILES string of the molecule is [2H]C1([2H])C[C@@]2(C)[C@H](C[C@@H](O)[C@@H]3[C@@H]2C[C@H](O)[C@]2(C)[C@@H]([C@H](C)CCC(=O)NCC(=O)O)CC[C@@H]32)C([2H])([2H])[C@@H]1O. The summed E-state index contributed by atoms with van der Waals surface area (Å²) < 4.78 is 34.1. The van der Waals surface area contributed by atoms with Crippen LogP contribution in [0.2, 0.25) is 0 Å². The van der Waals surface area contributed by atoms with Crippen LogP contribution in [0.15, 0.2) is 0 Å². The molecule has 4 rings (SSSR count). The number of carboxylic acid groups (broad SMARTS) is 1. The van der Waals surface area contributed by atoms with Crippen molar-refractivity contribution in [3.63, 3.8) is 0 Å². The smallest absolute Gasteiger partial charge is 0.322 e. The lowest BCUT2D eigenvalue weighted by molar-refractivity contribution is -0.207. The number of carbonyl (C=O) groups excluding carboxylic acids is 1. The van der Waals surface area contributed by atoms with Crippen molar-refractivity contribution in [2.75, 3.05) is 6.54 Å². The Morgan fingerprint density at radius 3 is 2.58 bits per heavy atom. The van der Waals surface area contributed by atoms with Crippen LogP contribution in [0.1, 0.15) is 83.9 Å². The van der Waals surface area contributed by atoms with Gasteiger partial charge in [-0.3, -0.25) is 9.59 Å². The molecule has 4 aliphatic carbocycles. The zero-order chi connectivity index (χ0) is 27.7. The minimum Gasteiger partial charge on any atom is -0.480 e. The van der Waals surface area contributed by atoms with E-state index in [1.165, 1.54) is 0 Å². The average molecular weight is 470 g/mol. The highest BCUT2D eigenvalue weighted by Gasteiger charge is 2.65. The first-order valence-corrected chi connectivity index (χ1v) is 12.5. The number of rotatable bonds is 6. The van der Waals surface area contributed by atoms with Gasteiger partial charge in [-0.05, 0) is 97.6 Å². The van der Waals surface area contributed by atoms with E-state index in [0.29, 0.717) is 12.8 Å². The second-order valence-electron chi connectivity index (χ2n) is 11.6. The van der Waals surface area contributed by atoms with Gasteiger partial charge in [0, 0.05) is 11.9 Å². The van der Waals surface area contributed by atoms with Crippen LogP contribution in [0.5, 0.6) is 0 Å². The first-order chi connectivity index (χ1) is 17.0. The number of aliphatic hydroxyl groups excluding tert-OH is 3. The summed E-state index contributed by atoms with van der Waals surface area (Å²) in [4.78, 5) is 22.8. The number of aliphatic carboxylic acids is 1. The Morgan fingerprint density at radius 2 is 1.88 bits per heavy atom. The number of hydrogen-bond donors (Lipinski definition) is 5. The van der Waals surface area contributed by atoms with Crippen molar-refractivity contribution in [3.05, 3.63) is 0 Å². The number of hydrogen-bond acceptors (Lipinski definition) is 5. The fourth-order valence-electron chi connectivity index (χ4n) is 8.26. The van der Waals surface area contributed by atoms with E-state index in [0.717, 1.165) is 12.8 Å². The van der Waals surface area contributed by atoms with Crippen LogP contribution < -0.4 is 5.32 Å². The summed E-state index contributed by atoms with van der Waals surface area (Å²) in [5.74, 6) is -2.43. The zero-order valence-corrected chi connectivity index (χ0v) is 20.0. The van der Waals surface area contributed by atoms with Gasteiger partial charge in [0.1, 0.15) is 6.54 Å². The standard InChI is InChI=1S/C26H43NO6/c1-14(4-7-22(31)27-13-23(32)33)17-5-6-18-24-19(12-21(30)26(17,18)3)25(2)9-8-16(28)10-15(25)11-20(24)29/h14-21,24,28-30H,4-13H2,1-3H3,(H,27,31)(H,32,33)/t14-,15+,16-,17-,18+,19+,20-,21+,24+,25+,26-/m1/s1/i8D2,10D2. The predicted molar refractivity (Wildman–Crippen MR) is 123 cm³/mol. The zero-order valence-electron chi connectivity index (χ0n) is 24.0. The molecule has 0 unspecified atom stereocenters. The monoisotopic (exact) mass is 469 g/mol. The van der Waals surface area contributed by atoms with E-state index >= 15 is 0 Å². The van der Waals surface area contributed by atoms with E-state index in [4.69, 9.17) is 10.6 Å². The first kappa shape index (κ1) is 20.1. The first-order valence-electron chi connectivity index (χ1n) is 14.5. The lowest BCUT2D eigenvalue weighted by Gasteiger charge is -2.63. The molecule has 7 nitrogen and oxygen atoms in total. The van der Waals surface area contributed by atoms with Gasteiger partial charge in [-0.25, -0.2) is 0 Å². The quantitative estimate of drug-likeness (QED) is 0.407. The Hall–Kier alpha value is -1.18. The maximum Gasteiger partial charge on any atom is 0.322 e. The molecular formula is C26H43NO6. The van der Waals surface area contributed by atoms with Crippen molar-refractivity contribution in [1.29, 1.82) is 0 Å². The molecule has 0 aromatic rings. The molecule has 0 saturated heterocycles. The average Bonchev–Trinajstić information content (AvgIpc) is 3.15. The van der Waals surface area contributed by atoms with Gasteiger partial charge in [-0.15, -0.1) is 0 Å². The van der Waals surface area contributed by atoms with Crippen LogP contribution in [0.25, 0.3) is 0 Å². The molecule has 0 aromatic heterocycles. The second kappa shape index (κ2) is 9.12. The lowest BCUT2D eigenvalue weighted by Crippen LogP contribution is -2.62. The van der Waals surface area contributed by atoms with Crippen molar-refractivity contribution >= 4 is 11.9 Å². The number of amides is 1. The third-order valence-electron chi connectivity index (χ3n) is 10.1. The third-order valence-corrected chi connectivity index (χ3v) is 10.1. The van der Waals surface area contributed by atoms with Gasteiger partial charge in [0.15, 0.2) is 0 Å². The van der Waals surface area contributed by atoms with Crippen molar-refractivity contribution in [2.45, 2.75) is 96.8 Å². The highest BCUT2D eigenvalue weighted by atomic mass is 16.4. The molecule has 33 heavy (non-hydrogen) atoms. The molecule has 188 valence electrons. The highest BCUT2D eigenvalue weighted by Crippen LogP contribution is 2.68. The Kier molecular flexibility index (Phi) is 5.54. The summed E-state index contributed by atoms with van der Waals surface area (Å²) >= 11 is 0. The topological polar surface area (TPSA) is 127 Å². The maximum absolute atomic E-state index is 12.1. The lowest BCUT2D eigenvalue weighted by atomic mass is 9.43. The number of carbonyl (C=O) groups is 2. The molecule has 0 aliphatic heterocycles. The molecule has 0 heterocycles. The van der Waals surface area contributed by atoms with Gasteiger partial charge in [0.05, 0.1) is 18.3 Å². The molecule has 0 radical (unpaired) electrons. The molecule has 4 aliphatic rings. The normalized spacial score (nSPS) is 52.5. The summed E-state index contributed by atoms with van der Waals surface area (Å²) in [5, 5.41) is 44.8. The van der Waals surface area contributed by atoms with Gasteiger partial charge >= 0.3 is 5.97 Å². The van der Waals surface area contributed by atoms with Crippen molar-refractivity contribution in [2.24, 2.45) is 46.3 Å². The third kappa shape index (κ3) is 4.23. The second-order valence-corrected chi connectivity index (χ2v) is 11.6. The summed E-state index contributed by atoms with van der Waals surface area (Å²) in [5.41, 5.74) is -1.32. The number of aliphatic hydroxyl groups is 3. The number of carboxylic acids is 1. The predicted octanol–water partition coefficient (Wildman–Crippen LogP) is 2.56. The maximum atomic E-state index is 12.1. The van der Waals surface area contributed by atoms with E-state index in [9.17, 15) is 24.9 Å². The minimum atomic E-state index is -2.19. The Bertz CT molecular complexity index is 919. The van der Waals surface area contributed by atoms with E-state index in [-0.39, 0.29) is 54.8 Å². The molecule has 4 fully saturated rings. The van der Waals surface area contributed by atoms with Gasteiger partial charge in [0.25, 0.3) is 0 Å². The van der Waals surface area contributed by atoms with Gasteiger partial charge in [-0.2, -0.15) is 0 Å². The fourth-order valence-corrected chi connectivity index (χ4v) is 8.26. The Labute approximate surface area is 203 Å². The molecule has 0 spiro atoms. The van der Waals surface area contributed by atoms with Crippen LogP contribution >= 0.6 is 0 Å². The molecule has 0 bridgehead atoms. The highest BCUT2D eigenvalue weighted by molar-refractivity contribution is 5.81. The van der Waals surface area contributed by atoms with E-state index in [2.05, 4.69) is 19.2 Å². The molecule has 1 amide bonds. The Balaban J connectivity index is 1.57. The van der Waals surface area contributed by atoms with Crippen LogP contribution in [-0.4, -0.2) is 57.2 Å². The van der Waals surface area contributed by atoms with Crippen LogP contribution in [0.4, 0.5) is 0 Å². The Morgan fingerprint density at radius 1 is 1.15 bits per heavy atom. The van der Waals surface area contributed by atoms with E-state index < -0.39 is 60.3 Å². The molecule has 0 aromatic carbocycles. The summed E-state index contributed by atoms with van der Waals surface area (Å²) in [6.07, 6.45) is -4.75. The molecule has 11 atom stereocenters. The summed E-state index contributed by atoms with van der Waals surface area (Å²) in [6, 6.07) is 0. The molecule has 7 heteroatoms. The fraction of sp³-hybridized carbons (Fsp3) is 0.923. The summed E-state index contributed by atoms with van der Waals surface area (Å²) in [7, 11) is 0. The summed E-state index contributed by atoms with van der Waals surface area (Å²) in [6.45, 7) is 5.61. The van der Waals surface area contributed by atoms with Crippen LogP contribution in [0.3, 0.4) is 0 Å². The van der Waals surface area contributed by atoms with E-state index in [1.807, 2.05) is 6.92 Å². The number of nitrogens with one attached hydrogen (secondary N) is 1. The van der Waals surface area contributed by atoms with Crippen LogP contribution in [0, 0.1) is 46.3 Å². The molecular weight excluding hydrogens is 422 g/mol. The largest absolute Gasteiger partial charge is 0.480 e. The van der Waals surface area contributed by atoms with E-state index in [1.54, 1.807) is 0 Å². The van der Waals surface area contributed by atoms with Crippen molar-refractivity contribution < 1.29 is 35.5 Å². The molecule has 5 N–H and O–H groups in total.